The van der Waals surface area contributed by atoms with Gasteiger partial charge in [0.25, 0.3) is 0 Å². The summed E-state index contributed by atoms with van der Waals surface area (Å²) in [6.45, 7) is 4.22. The topological polar surface area (TPSA) is 74.0 Å². The summed E-state index contributed by atoms with van der Waals surface area (Å²) in [6.07, 6.45) is -0.541. The van der Waals surface area contributed by atoms with Crippen LogP contribution in [0.25, 0.3) is 0 Å². The molecule has 0 saturated carbocycles. The maximum absolute atomic E-state index is 11.5. The number of nitrogens with zero attached hydrogens (tertiary/aromatic N) is 1. The summed E-state index contributed by atoms with van der Waals surface area (Å²) in [4.78, 5) is 13.1. The fourth-order valence-electron chi connectivity index (χ4n) is 1.99. The summed E-state index contributed by atoms with van der Waals surface area (Å²) >= 11 is 0. The average Bonchev–Trinajstić information content (AvgIpc) is 2.82. The van der Waals surface area contributed by atoms with Gasteiger partial charge in [0.15, 0.2) is 11.5 Å². The van der Waals surface area contributed by atoms with Crippen LogP contribution in [0.3, 0.4) is 0 Å². The third kappa shape index (κ3) is 3.54. The summed E-state index contributed by atoms with van der Waals surface area (Å²) < 4.78 is 16.2. The van der Waals surface area contributed by atoms with Crippen molar-refractivity contribution in [3.8, 4) is 11.5 Å². The molecule has 0 bridgehead atoms. The van der Waals surface area contributed by atoms with E-state index in [-0.39, 0.29) is 12.2 Å². The molecule has 6 nitrogen and oxygen atoms in total. The smallest absolute Gasteiger partial charge is 0.410 e. The van der Waals surface area contributed by atoms with E-state index in [0.29, 0.717) is 44.3 Å². The van der Waals surface area contributed by atoms with E-state index < -0.39 is 0 Å². The van der Waals surface area contributed by atoms with Crippen LogP contribution in [0, 0.1) is 0 Å². The predicted octanol–water partition coefficient (Wildman–Crippen LogP) is 1.24. The highest BCUT2D eigenvalue weighted by Crippen LogP contribution is 2.26. The predicted molar refractivity (Wildman–Crippen MR) is 74.0 cm³/mol. The van der Waals surface area contributed by atoms with Crippen molar-refractivity contribution in [1.29, 1.82) is 0 Å². The Hall–Kier alpha value is -1.95. The summed E-state index contributed by atoms with van der Waals surface area (Å²) in [6, 6.07) is 7.47. The molecule has 0 radical (unpaired) electrons. The number of para-hydroxylation sites is 2. The Morgan fingerprint density at radius 1 is 1.35 bits per heavy atom. The Morgan fingerprint density at radius 2 is 2.05 bits per heavy atom. The Bertz CT molecular complexity index is 453. The van der Waals surface area contributed by atoms with Gasteiger partial charge in [0.05, 0.1) is 19.7 Å². The number of benzene rings is 1. The molecule has 0 aromatic heterocycles. The molecule has 1 amide bonds. The number of carbonyl (C=O) groups is 1. The van der Waals surface area contributed by atoms with Gasteiger partial charge in [-0.25, -0.2) is 4.79 Å². The fourth-order valence-corrected chi connectivity index (χ4v) is 1.99. The maximum atomic E-state index is 11.5. The molecule has 6 heteroatoms. The van der Waals surface area contributed by atoms with E-state index in [1.807, 2.05) is 31.2 Å². The molecule has 0 spiro atoms. The van der Waals surface area contributed by atoms with Gasteiger partial charge in [0.2, 0.25) is 0 Å². The van der Waals surface area contributed by atoms with Gasteiger partial charge in [-0.3, -0.25) is 0 Å². The molecule has 1 aromatic rings. The van der Waals surface area contributed by atoms with Gasteiger partial charge in [0, 0.05) is 6.54 Å². The number of rotatable bonds is 7. The fraction of sp³-hybridized carbons (Fsp3) is 0.500. The first-order valence-electron chi connectivity index (χ1n) is 6.74. The molecular formula is C14H20N2O4. The van der Waals surface area contributed by atoms with E-state index >= 15 is 0 Å². The molecule has 1 aromatic carbocycles. The summed E-state index contributed by atoms with van der Waals surface area (Å²) in [5.41, 5.74) is 5.48. The van der Waals surface area contributed by atoms with Crippen molar-refractivity contribution >= 4 is 6.09 Å². The van der Waals surface area contributed by atoms with Crippen LogP contribution < -0.4 is 15.2 Å². The first-order valence-corrected chi connectivity index (χ1v) is 6.74. The van der Waals surface area contributed by atoms with Crippen LogP contribution in [0.4, 0.5) is 4.79 Å². The van der Waals surface area contributed by atoms with Gasteiger partial charge in [-0.1, -0.05) is 12.1 Å². The highest BCUT2D eigenvalue weighted by atomic mass is 16.6. The van der Waals surface area contributed by atoms with Gasteiger partial charge in [-0.2, -0.15) is 0 Å². The minimum Gasteiger partial charge on any atom is -0.490 e. The number of nitrogens with two attached hydrogens (primary N) is 1. The van der Waals surface area contributed by atoms with Crippen molar-refractivity contribution in [2.45, 2.75) is 13.0 Å². The molecule has 1 heterocycles. The molecule has 20 heavy (non-hydrogen) atoms. The highest BCUT2D eigenvalue weighted by Gasteiger charge is 2.29. The number of cyclic esters (lactones) is 1. The van der Waals surface area contributed by atoms with E-state index in [4.69, 9.17) is 19.9 Å². The lowest BCUT2D eigenvalue weighted by Gasteiger charge is -2.15. The zero-order chi connectivity index (χ0) is 14.4. The molecule has 2 rings (SSSR count). The lowest BCUT2D eigenvalue weighted by molar-refractivity contribution is 0.132. The second-order valence-electron chi connectivity index (χ2n) is 4.42. The third-order valence-corrected chi connectivity index (χ3v) is 2.98. The molecule has 1 unspecified atom stereocenters. The highest BCUT2D eigenvalue weighted by molar-refractivity contribution is 5.69. The first kappa shape index (κ1) is 14.5. The number of ether oxygens (including phenoxy) is 3. The SMILES string of the molecule is CCOc1ccccc1OCCN1CC(CN)OC1=O. The van der Waals surface area contributed by atoms with E-state index in [0.717, 1.165) is 0 Å². The lowest BCUT2D eigenvalue weighted by atomic mass is 10.3. The normalized spacial score (nSPS) is 18.0. The molecule has 1 fully saturated rings. The van der Waals surface area contributed by atoms with Crippen LogP contribution in [0.2, 0.25) is 0 Å². The van der Waals surface area contributed by atoms with Crippen molar-refractivity contribution in [1.82, 2.24) is 4.90 Å². The van der Waals surface area contributed by atoms with E-state index in [9.17, 15) is 4.79 Å². The third-order valence-electron chi connectivity index (χ3n) is 2.98. The van der Waals surface area contributed by atoms with E-state index in [1.54, 1.807) is 4.90 Å². The summed E-state index contributed by atoms with van der Waals surface area (Å²) in [5, 5.41) is 0. The molecular weight excluding hydrogens is 260 g/mol. The molecule has 1 saturated heterocycles. The number of hydrogen-bond donors (Lipinski definition) is 1. The largest absolute Gasteiger partial charge is 0.490 e. The van der Waals surface area contributed by atoms with Crippen molar-refractivity contribution in [3.05, 3.63) is 24.3 Å². The van der Waals surface area contributed by atoms with Gasteiger partial charge < -0.3 is 24.8 Å². The number of carbonyl (C=O) groups excluding carboxylic acids is 1. The summed E-state index contributed by atoms with van der Waals surface area (Å²) in [7, 11) is 0. The van der Waals surface area contributed by atoms with Crippen molar-refractivity contribution in [3.63, 3.8) is 0 Å². The molecule has 2 N–H and O–H groups in total. The van der Waals surface area contributed by atoms with Crippen molar-refractivity contribution in [2.24, 2.45) is 5.73 Å². The number of hydrogen-bond acceptors (Lipinski definition) is 5. The maximum Gasteiger partial charge on any atom is 0.410 e. The second-order valence-corrected chi connectivity index (χ2v) is 4.42. The Balaban J connectivity index is 1.83. The minimum atomic E-state index is -0.331. The first-order chi connectivity index (χ1) is 9.74. The van der Waals surface area contributed by atoms with E-state index in [2.05, 4.69) is 0 Å². The molecule has 1 atom stereocenters. The standard InChI is InChI=1S/C14H20N2O4/c1-2-18-12-5-3-4-6-13(12)19-8-7-16-10-11(9-15)20-14(16)17/h3-6,11H,2,7-10,15H2,1H3. The zero-order valence-corrected chi connectivity index (χ0v) is 11.6. The molecule has 1 aliphatic heterocycles. The van der Waals surface area contributed by atoms with Crippen LogP contribution in [-0.4, -0.2) is 49.9 Å². The van der Waals surface area contributed by atoms with Gasteiger partial charge in [-0.15, -0.1) is 0 Å². The van der Waals surface area contributed by atoms with Crippen LogP contribution in [0.1, 0.15) is 6.92 Å². The van der Waals surface area contributed by atoms with E-state index in [1.165, 1.54) is 0 Å². The van der Waals surface area contributed by atoms with Crippen molar-refractivity contribution in [2.75, 3.05) is 32.8 Å². The zero-order valence-electron chi connectivity index (χ0n) is 11.6. The second kappa shape index (κ2) is 7.00. The Labute approximate surface area is 118 Å². The molecule has 0 aliphatic carbocycles. The number of amides is 1. The van der Waals surface area contributed by atoms with Crippen LogP contribution >= 0.6 is 0 Å². The van der Waals surface area contributed by atoms with Gasteiger partial charge >= 0.3 is 6.09 Å². The molecule has 110 valence electrons. The Morgan fingerprint density at radius 3 is 2.65 bits per heavy atom. The Kier molecular flexibility index (Phi) is 5.06. The lowest BCUT2D eigenvalue weighted by Crippen LogP contribution is -2.31. The monoisotopic (exact) mass is 280 g/mol. The van der Waals surface area contributed by atoms with Crippen molar-refractivity contribution < 1.29 is 19.0 Å². The van der Waals surface area contributed by atoms with Gasteiger partial charge in [-0.05, 0) is 19.1 Å². The van der Waals surface area contributed by atoms with Crippen LogP contribution in [0.15, 0.2) is 24.3 Å². The minimum absolute atomic E-state index is 0.210. The van der Waals surface area contributed by atoms with Crippen LogP contribution in [0.5, 0.6) is 11.5 Å². The van der Waals surface area contributed by atoms with Crippen LogP contribution in [-0.2, 0) is 4.74 Å². The average molecular weight is 280 g/mol. The summed E-state index contributed by atoms with van der Waals surface area (Å²) in [5.74, 6) is 1.39. The van der Waals surface area contributed by atoms with Gasteiger partial charge in [0.1, 0.15) is 12.7 Å². The quantitative estimate of drug-likeness (QED) is 0.813. The molecule has 1 aliphatic rings.